The molecule has 0 saturated heterocycles. The Morgan fingerprint density at radius 2 is 0.936 bits per heavy atom. The molecule has 8 rings (SSSR count). The molecule has 224 valence electrons. The lowest BCUT2D eigenvalue weighted by molar-refractivity contribution is 0.660. The van der Waals surface area contributed by atoms with E-state index in [1.807, 2.05) is 12.2 Å². The summed E-state index contributed by atoms with van der Waals surface area (Å²) in [6.45, 7) is 13.4. The van der Waals surface area contributed by atoms with Crippen molar-refractivity contribution in [3.05, 3.63) is 181 Å². The molecule has 0 heterocycles. The normalized spacial score (nSPS) is 12.8. The molecule has 0 spiro atoms. The first-order chi connectivity index (χ1) is 23.0. The highest BCUT2D eigenvalue weighted by molar-refractivity contribution is 6.12. The summed E-state index contributed by atoms with van der Waals surface area (Å²) in [4.78, 5) is 0. The Labute approximate surface area is 278 Å². The maximum absolute atomic E-state index is 4.34. The van der Waals surface area contributed by atoms with E-state index in [0.29, 0.717) is 0 Å². The Balaban J connectivity index is 1.36. The lowest BCUT2D eigenvalue weighted by Crippen LogP contribution is -2.14. The highest BCUT2D eigenvalue weighted by Crippen LogP contribution is 2.50. The smallest absolute Gasteiger partial charge is 0.0159 e. The summed E-state index contributed by atoms with van der Waals surface area (Å²) < 4.78 is 0. The molecule has 0 heteroatoms. The van der Waals surface area contributed by atoms with Crippen molar-refractivity contribution < 1.29 is 0 Å². The Morgan fingerprint density at radius 3 is 1.66 bits per heavy atom. The number of fused-ring (bicyclic) bond motifs is 4. The minimum atomic E-state index is -0.0473. The van der Waals surface area contributed by atoms with E-state index in [4.69, 9.17) is 0 Å². The minimum Gasteiger partial charge on any atom is -0.0984 e. The maximum Gasteiger partial charge on any atom is 0.0159 e. The molecule has 1 aliphatic rings. The van der Waals surface area contributed by atoms with Crippen LogP contribution in [0, 0.1) is 0 Å². The molecule has 0 nitrogen and oxygen atoms in total. The molecule has 0 atom stereocenters. The van der Waals surface area contributed by atoms with Crippen molar-refractivity contribution in [2.24, 2.45) is 0 Å². The van der Waals surface area contributed by atoms with Crippen LogP contribution in [0.25, 0.3) is 78.6 Å². The largest absolute Gasteiger partial charge is 0.0984 e. The Hall–Kier alpha value is -5.72. The highest BCUT2D eigenvalue weighted by atomic mass is 14.4. The Morgan fingerprint density at radius 1 is 0.404 bits per heavy atom. The predicted octanol–water partition coefficient (Wildman–Crippen LogP) is 13.1. The molecule has 0 aliphatic heterocycles. The zero-order chi connectivity index (χ0) is 32.1. The van der Waals surface area contributed by atoms with E-state index in [2.05, 4.69) is 173 Å². The van der Waals surface area contributed by atoms with E-state index < -0.39 is 0 Å². The van der Waals surface area contributed by atoms with Crippen LogP contribution in [0.3, 0.4) is 0 Å². The summed E-state index contributed by atoms with van der Waals surface area (Å²) in [5, 5.41) is 2.40. The summed E-state index contributed by atoms with van der Waals surface area (Å²) >= 11 is 0. The SMILES string of the molecule is C=Cc1c(C=C)c(-c2ccccc2)c2cc(-c3ccccc3)ccc2c1-c1cccc(-c2ccc3c(c2)C(C)(C)c2ccccc2-3)c1. The van der Waals surface area contributed by atoms with Crippen LogP contribution in [0.5, 0.6) is 0 Å². The van der Waals surface area contributed by atoms with Gasteiger partial charge in [0.2, 0.25) is 0 Å². The topological polar surface area (TPSA) is 0 Å². The molecule has 1 aliphatic carbocycles. The molecule has 7 aromatic rings. The van der Waals surface area contributed by atoms with Crippen LogP contribution in [0.15, 0.2) is 159 Å². The van der Waals surface area contributed by atoms with Crippen LogP contribution in [0.1, 0.15) is 36.1 Å². The van der Waals surface area contributed by atoms with E-state index in [9.17, 15) is 0 Å². The number of benzene rings is 7. The fraction of sp³-hybridized carbons (Fsp3) is 0.0638. The average Bonchev–Trinajstić information content (AvgIpc) is 3.36. The maximum atomic E-state index is 4.34. The van der Waals surface area contributed by atoms with Crippen molar-refractivity contribution in [2.75, 3.05) is 0 Å². The third-order valence-corrected chi connectivity index (χ3v) is 10.0. The van der Waals surface area contributed by atoms with Crippen LogP contribution in [0.2, 0.25) is 0 Å². The molecule has 0 aromatic heterocycles. The van der Waals surface area contributed by atoms with Gasteiger partial charge in [0.25, 0.3) is 0 Å². The molecule has 0 bridgehead atoms. The lowest BCUT2D eigenvalue weighted by Gasteiger charge is -2.22. The van der Waals surface area contributed by atoms with Crippen LogP contribution in [-0.4, -0.2) is 0 Å². The van der Waals surface area contributed by atoms with Crippen LogP contribution in [-0.2, 0) is 5.41 Å². The molecule has 0 saturated carbocycles. The molecule has 7 aromatic carbocycles. The predicted molar refractivity (Wildman–Crippen MR) is 203 cm³/mol. The van der Waals surface area contributed by atoms with Gasteiger partial charge >= 0.3 is 0 Å². The minimum absolute atomic E-state index is 0.0473. The summed E-state index contributed by atoms with van der Waals surface area (Å²) in [5.74, 6) is 0. The molecule has 47 heavy (non-hydrogen) atoms. The van der Waals surface area contributed by atoms with Gasteiger partial charge in [0.15, 0.2) is 0 Å². The number of hydrogen-bond donors (Lipinski definition) is 0. The molecule has 0 amide bonds. The Bertz CT molecular complexity index is 2340. The molecule has 0 radical (unpaired) electrons. The molecule has 0 unspecified atom stereocenters. The first-order valence-corrected chi connectivity index (χ1v) is 16.3. The first kappa shape index (κ1) is 28.7. The van der Waals surface area contributed by atoms with E-state index in [-0.39, 0.29) is 5.41 Å². The van der Waals surface area contributed by atoms with E-state index >= 15 is 0 Å². The third kappa shape index (κ3) is 4.60. The van der Waals surface area contributed by atoms with Crippen molar-refractivity contribution >= 4 is 22.9 Å². The average molecular weight is 601 g/mol. The van der Waals surface area contributed by atoms with Crippen molar-refractivity contribution in [2.45, 2.75) is 19.3 Å². The molecule has 0 fully saturated rings. The fourth-order valence-electron chi connectivity index (χ4n) is 7.73. The lowest BCUT2D eigenvalue weighted by atomic mass is 9.81. The zero-order valence-electron chi connectivity index (χ0n) is 26.9. The number of rotatable bonds is 6. The molecular formula is C47H36. The van der Waals surface area contributed by atoms with E-state index in [1.165, 1.54) is 77.5 Å². The molecule has 0 N–H and O–H groups in total. The van der Waals surface area contributed by atoms with Crippen LogP contribution < -0.4 is 0 Å². The van der Waals surface area contributed by atoms with Crippen molar-refractivity contribution in [3.8, 4) is 55.6 Å². The second-order valence-corrected chi connectivity index (χ2v) is 13.0. The van der Waals surface area contributed by atoms with Crippen molar-refractivity contribution in [1.82, 2.24) is 0 Å². The van der Waals surface area contributed by atoms with Gasteiger partial charge in [-0.15, -0.1) is 0 Å². The summed E-state index contributed by atoms with van der Waals surface area (Å²) in [6.07, 6.45) is 4.01. The van der Waals surface area contributed by atoms with Gasteiger partial charge in [0.05, 0.1) is 0 Å². The van der Waals surface area contributed by atoms with Gasteiger partial charge in [-0.05, 0) is 107 Å². The Kier molecular flexibility index (Phi) is 6.89. The second-order valence-electron chi connectivity index (χ2n) is 13.0. The van der Waals surface area contributed by atoms with Crippen LogP contribution >= 0.6 is 0 Å². The zero-order valence-corrected chi connectivity index (χ0v) is 26.9. The van der Waals surface area contributed by atoms with E-state index in [1.54, 1.807) is 0 Å². The summed E-state index contributed by atoms with van der Waals surface area (Å²) in [6, 6.07) is 53.0. The monoisotopic (exact) mass is 600 g/mol. The first-order valence-electron chi connectivity index (χ1n) is 16.3. The van der Waals surface area contributed by atoms with Gasteiger partial charge in [0.1, 0.15) is 0 Å². The number of hydrogen-bond acceptors (Lipinski definition) is 0. The summed E-state index contributed by atoms with van der Waals surface area (Å²) in [7, 11) is 0. The summed E-state index contributed by atoms with van der Waals surface area (Å²) in [5.41, 5.74) is 17.1. The van der Waals surface area contributed by atoms with Crippen molar-refractivity contribution in [1.29, 1.82) is 0 Å². The van der Waals surface area contributed by atoms with Gasteiger partial charge in [0, 0.05) is 5.41 Å². The second kappa shape index (κ2) is 11.3. The van der Waals surface area contributed by atoms with Gasteiger partial charge in [-0.25, -0.2) is 0 Å². The third-order valence-electron chi connectivity index (χ3n) is 10.0. The fourth-order valence-corrected chi connectivity index (χ4v) is 7.73. The highest BCUT2D eigenvalue weighted by Gasteiger charge is 2.35. The van der Waals surface area contributed by atoms with E-state index in [0.717, 1.165) is 11.1 Å². The van der Waals surface area contributed by atoms with Gasteiger partial charge in [-0.1, -0.05) is 167 Å². The molecular weight excluding hydrogens is 565 g/mol. The van der Waals surface area contributed by atoms with Gasteiger partial charge in [-0.2, -0.15) is 0 Å². The van der Waals surface area contributed by atoms with Gasteiger partial charge in [-0.3, -0.25) is 0 Å². The quantitative estimate of drug-likeness (QED) is 0.178. The van der Waals surface area contributed by atoms with Gasteiger partial charge < -0.3 is 0 Å². The van der Waals surface area contributed by atoms with Crippen molar-refractivity contribution in [3.63, 3.8) is 0 Å². The van der Waals surface area contributed by atoms with Crippen LogP contribution in [0.4, 0.5) is 0 Å². The standard InChI is InChI=1S/C47H36/c1-5-37-38(6-2)46(41-27-25-34(31-16-9-7-10-17-31)29-42(41)45(37)32-18-11-8-12-19-32)36-21-15-20-33(28-36)35-24-26-40-39-22-13-14-23-43(39)47(3,4)44(40)30-35/h5-30H,1-2H2,3-4H3.